The molecule has 7 heteroatoms. The third-order valence-electron chi connectivity index (χ3n) is 5.85. The average Bonchev–Trinajstić information content (AvgIpc) is 3.37. The number of hydrogen-bond acceptors (Lipinski definition) is 5. The third-order valence-corrected chi connectivity index (χ3v) is 5.85. The Kier molecular flexibility index (Phi) is 3.24. The van der Waals surface area contributed by atoms with E-state index in [9.17, 15) is 9.59 Å². The van der Waals surface area contributed by atoms with E-state index in [-0.39, 0.29) is 30.3 Å². The molecule has 0 saturated carbocycles. The molecule has 3 saturated heterocycles. The average molecular weight is 353 g/mol. The monoisotopic (exact) mass is 353 g/mol. The molecule has 2 amide bonds. The van der Waals surface area contributed by atoms with Crippen molar-refractivity contribution in [2.45, 2.75) is 37.6 Å². The van der Waals surface area contributed by atoms with E-state index in [1.165, 1.54) is 6.39 Å². The fourth-order valence-corrected chi connectivity index (χ4v) is 4.66. The first kappa shape index (κ1) is 15.6. The van der Waals surface area contributed by atoms with Crippen LogP contribution in [-0.2, 0) is 9.53 Å². The Morgan fingerprint density at radius 1 is 1.31 bits per heavy atom. The van der Waals surface area contributed by atoms with Gasteiger partial charge in [0, 0.05) is 13.0 Å². The minimum atomic E-state index is -0.717. The van der Waals surface area contributed by atoms with Crippen molar-refractivity contribution in [1.82, 2.24) is 14.8 Å². The molecule has 7 nitrogen and oxygen atoms in total. The fraction of sp³-hybridized carbons (Fsp3) is 0.421. The predicted octanol–water partition coefficient (Wildman–Crippen LogP) is 1.90. The van der Waals surface area contributed by atoms with Crippen LogP contribution in [0.5, 0.6) is 0 Å². The van der Waals surface area contributed by atoms with Crippen LogP contribution in [0.4, 0.5) is 0 Å². The van der Waals surface area contributed by atoms with Crippen molar-refractivity contribution in [1.29, 1.82) is 0 Å². The van der Waals surface area contributed by atoms with Gasteiger partial charge in [-0.1, -0.05) is 30.3 Å². The van der Waals surface area contributed by atoms with Gasteiger partial charge in [-0.05, 0) is 12.5 Å². The molecule has 0 N–H and O–H groups in total. The second kappa shape index (κ2) is 5.41. The molecule has 1 aromatic heterocycles. The van der Waals surface area contributed by atoms with Crippen LogP contribution in [0.2, 0.25) is 0 Å². The van der Waals surface area contributed by atoms with Gasteiger partial charge in [0.15, 0.2) is 17.8 Å². The Balaban J connectivity index is 1.48. The lowest BCUT2D eigenvalue weighted by molar-refractivity contribution is -0.138. The van der Waals surface area contributed by atoms with Gasteiger partial charge < -0.3 is 19.0 Å². The summed E-state index contributed by atoms with van der Waals surface area (Å²) in [7, 11) is 0. The van der Waals surface area contributed by atoms with Gasteiger partial charge in [0.25, 0.3) is 5.91 Å². The zero-order chi connectivity index (χ0) is 17.9. The van der Waals surface area contributed by atoms with Gasteiger partial charge in [0.1, 0.15) is 5.76 Å². The van der Waals surface area contributed by atoms with E-state index in [1.807, 2.05) is 35.2 Å². The molecule has 2 aromatic rings. The lowest BCUT2D eigenvalue weighted by Gasteiger charge is -2.33. The number of aryl methyl sites for hydroxylation is 1. The van der Waals surface area contributed by atoms with Gasteiger partial charge in [-0.15, -0.1) is 0 Å². The van der Waals surface area contributed by atoms with Gasteiger partial charge in [0.05, 0.1) is 25.1 Å². The van der Waals surface area contributed by atoms with E-state index in [4.69, 9.17) is 9.15 Å². The maximum absolute atomic E-state index is 12.9. The van der Waals surface area contributed by atoms with Crippen LogP contribution in [0.25, 0.3) is 0 Å². The van der Waals surface area contributed by atoms with Crippen LogP contribution in [0, 0.1) is 6.92 Å². The van der Waals surface area contributed by atoms with Crippen LogP contribution in [0.15, 0.2) is 41.1 Å². The second-order valence-corrected chi connectivity index (χ2v) is 7.07. The molecule has 0 radical (unpaired) electrons. The van der Waals surface area contributed by atoms with E-state index in [1.54, 1.807) is 11.8 Å². The zero-order valence-corrected chi connectivity index (χ0v) is 14.4. The van der Waals surface area contributed by atoms with Gasteiger partial charge in [-0.25, -0.2) is 4.98 Å². The van der Waals surface area contributed by atoms with E-state index in [2.05, 4.69) is 4.98 Å². The summed E-state index contributed by atoms with van der Waals surface area (Å²) >= 11 is 0. The molecule has 5 rings (SSSR count). The number of carbonyl (C=O) groups excluding carboxylic acids is 2. The number of ether oxygens (including phenoxy) is 1. The summed E-state index contributed by atoms with van der Waals surface area (Å²) in [5, 5.41) is 0. The molecular weight excluding hydrogens is 334 g/mol. The highest BCUT2D eigenvalue weighted by molar-refractivity contribution is 5.95. The minimum absolute atomic E-state index is 0.0377. The third kappa shape index (κ3) is 1.94. The van der Waals surface area contributed by atoms with Gasteiger partial charge >= 0.3 is 0 Å². The van der Waals surface area contributed by atoms with E-state index in [0.717, 1.165) is 5.56 Å². The Morgan fingerprint density at radius 2 is 2.12 bits per heavy atom. The van der Waals surface area contributed by atoms with Crippen molar-refractivity contribution in [3.63, 3.8) is 0 Å². The second-order valence-electron chi connectivity index (χ2n) is 7.07. The fourth-order valence-electron chi connectivity index (χ4n) is 4.66. The molecule has 0 unspecified atom stereocenters. The number of hydrogen-bond donors (Lipinski definition) is 0. The predicted molar refractivity (Wildman–Crippen MR) is 90.0 cm³/mol. The molecule has 3 aliphatic heterocycles. The summed E-state index contributed by atoms with van der Waals surface area (Å²) in [5.41, 5.74) is 0.659. The number of aromatic nitrogens is 1. The SMILES string of the molecule is Cc1ocnc1C(=O)N1CC[C@@]23OC[C@@H](c4ccccc4)N2C(=O)C[C@@H]13. The van der Waals surface area contributed by atoms with Crippen molar-refractivity contribution in [2.24, 2.45) is 0 Å². The molecule has 4 heterocycles. The van der Waals surface area contributed by atoms with Crippen LogP contribution < -0.4 is 0 Å². The molecule has 0 bridgehead atoms. The van der Waals surface area contributed by atoms with Crippen molar-refractivity contribution in [3.05, 3.63) is 53.7 Å². The smallest absolute Gasteiger partial charge is 0.276 e. The summed E-state index contributed by atoms with van der Waals surface area (Å²) in [5.74, 6) is 0.335. The normalized spacial score (nSPS) is 30.0. The van der Waals surface area contributed by atoms with Crippen molar-refractivity contribution < 1.29 is 18.7 Å². The summed E-state index contributed by atoms with van der Waals surface area (Å²) < 4.78 is 11.4. The Bertz CT molecular complexity index is 880. The molecule has 3 aliphatic rings. The largest absolute Gasteiger partial charge is 0.448 e. The number of likely N-dealkylation sites (tertiary alicyclic amines) is 1. The lowest BCUT2D eigenvalue weighted by Crippen LogP contribution is -2.49. The molecule has 26 heavy (non-hydrogen) atoms. The van der Waals surface area contributed by atoms with Crippen LogP contribution >= 0.6 is 0 Å². The summed E-state index contributed by atoms with van der Waals surface area (Å²) in [6.07, 6.45) is 2.18. The first-order chi connectivity index (χ1) is 12.6. The van der Waals surface area contributed by atoms with Crippen molar-refractivity contribution in [2.75, 3.05) is 13.2 Å². The van der Waals surface area contributed by atoms with Crippen LogP contribution in [-0.4, -0.2) is 51.5 Å². The first-order valence-corrected chi connectivity index (χ1v) is 8.84. The van der Waals surface area contributed by atoms with Crippen LogP contribution in [0.3, 0.4) is 0 Å². The number of oxazole rings is 1. The Morgan fingerprint density at radius 3 is 2.85 bits per heavy atom. The highest BCUT2D eigenvalue weighted by Gasteiger charge is 2.65. The summed E-state index contributed by atoms with van der Waals surface area (Å²) in [4.78, 5) is 33.4. The highest BCUT2D eigenvalue weighted by Crippen LogP contribution is 2.51. The minimum Gasteiger partial charge on any atom is -0.448 e. The standard InChI is InChI=1S/C19H19N3O4/c1-12-17(20-11-25-12)18(24)21-8-7-19-15(21)9-16(23)22(19)14(10-26-19)13-5-3-2-4-6-13/h2-6,11,14-15H,7-10H2,1H3/t14-,15+,19-/m0/s1. The topological polar surface area (TPSA) is 75.9 Å². The summed E-state index contributed by atoms with van der Waals surface area (Å²) in [6.45, 7) is 2.72. The van der Waals surface area contributed by atoms with Crippen molar-refractivity contribution in [3.8, 4) is 0 Å². The highest BCUT2D eigenvalue weighted by atomic mass is 16.5. The number of amides is 2. The molecule has 0 aliphatic carbocycles. The molecular formula is C19H19N3O4. The van der Waals surface area contributed by atoms with Gasteiger partial charge in [-0.2, -0.15) is 0 Å². The number of carbonyl (C=O) groups is 2. The molecule has 3 atom stereocenters. The lowest BCUT2D eigenvalue weighted by atomic mass is 10.0. The maximum Gasteiger partial charge on any atom is 0.276 e. The molecule has 134 valence electrons. The van der Waals surface area contributed by atoms with E-state index < -0.39 is 5.72 Å². The van der Waals surface area contributed by atoms with Crippen molar-refractivity contribution >= 4 is 11.8 Å². The maximum atomic E-state index is 12.9. The number of benzene rings is 1. The number of rotatable bonds is 2. The quantitative estimate of drug-likeness (QED) is 0.824. The Hall–Kier alpha value is -2.67. The van der Waals surface area contributed by atoms with E-state index in [0.29, 0.717) is 31.0 Å². The van der Waals surface area contributed by atoms with E-state index >= 15 is 0 Å². The summed E-state index contributed by atoms with van der Waals surface area (Å²) in [6, 6.07) is 9.55. The van der Waals surface area contributed by atoms with Gasteiger partial charge in [-0.3, -0.25) is 9.59 Å². The molecule has 3 fully saturated rings. The zero-order valence-electron chi connectivity index (χ0n) is 14.4. The number of nitrogens with zero attached hydrogens (tertiary/aromatic N) is 3. The first-order valence-electron chi connectivity index (χ1n) is 8.84. The van der Waals surface area contributed by atoms with Crippen LogP contribution in [0.1, 0.15) is 40.7 Å². The van der Waals surface area contributed by atoms with Gasteiger partial charge in [0.2, 0.25) is 5.91 Å². The molecule has 1 aromatic carbocycles. The Labute approximate surface area is 150 Å². The molecule has 1 spiro atoms.